The number of rotatable bonds is 3. The molecule has 3 saturated heterocycles. The lowest BCUT2D eigenvalue weighted by atomic mass is 10.1. The lowest BCUT2D eigenvalue weighted by Crippen LogP contribution is -2.41. The third kappa shape index (κ3) is 1.68. The summed E-state index contributed by atoms with van der Waals surface area (Å²) in [5, 5.41) is 0. The fourth-order valence-electron chi connectivity index (χ4n) is 2.58. The molecule has 17 heavy (non-hydrogen) atoms. The maximum Gasteiger partial charge on any atom is 0.187 e. The summed E-state index contributed by atoms with van der Waals surface area (Å²) in [7, 11) is 0. The summed E-state index contributed by atoms with van der Waals surface area (Å²) in [4.78, 5) is 0. The number of epoxide rings is 1. The molecule has 4 heteroatoms. The molecular formula is C13H14O4. The molecule has 0 saturated carbocycles. The minimum absolute atomic E-state index is 0.0129. The average molecular weight is 234 g/mol. The summed E-state index contributed by atoms with van der Waals surface area (Å²) >= 11 is 0. The molecule has 90 valence electrons. The van der Waals surface area contributed by atoms with Gasteiger partial charge in [0.05, 0.1) is 13.2 Å². The molecule has 1 aromatic carbocycles. The van der Waals surface area contributed by atoms with Crippen molar-refractivity contribution in [2.24, 2.45) is 0 Å². The number of ether oxygens (including phenoxy) is 4. The van der Waals surface area contributed by atoms with Crippen molar-refractivity contribution >= 4 is 0 Å². The van der Waals surface area contributed by atoms with Gasteiger partial charge in [-0.3, -0.25) is 0 Å². The standard InChI is InChI=1S/C13H14O4/c1-2-4-8(5-3-1)6-14-10-9-7-15-13(16-9)12-11(10)17-12/h1-5,9-13H,6-7H2/t9?,10-,11?,12?,13+/m1/s1. The van der Waals surface area contributed by atoms with Crippen LogP contribution in [0.5, 0.6) is 0 Å². The topological polar surface area (TPSA) is 40.2 Å². The molecule has 5 atom stereocenters. The first-order valence-electron chi connectivity index (χ1n) is 6.00. The Bertz CT molecular complexity index is 407. The molecule has 0 aromatic heterocycles. The summed E-state index contributed by atoms with van der Waals surface area (Å²) in [6.45, 7) is 1.23. The Hall–Kier alpha value is -0.940. The molecule has 0 N–H and O–H groups in total. The lowest BCUT2D eigenvalue weighted by Gasteiger charge is -2.24. The molecule has 3 heterocycles. The van der Waals surface area contributed by atoms with E-state index in [9.17, 15) is 0 Å². The zero-order valence-electron chi connectivity index (χ0n) is 9.32. The zero-order valence-corrected chi connectivity index (χ0v) is 9.32. The fourth-order valence-corrected chi connectivity index (χ4v) is 2.58. The van der Waals surface area contributed by atoms with Gasteiger partial charge in [-0.05, 0) is 5.56 Å². The summed E-state index contributed by atoms with van der Waals surface area (Å²) < 4.78 is 22.6. The predicted octanol–water partition coefficient (Wildman–Crippen LogP) is 1.09. The first-order valence-corrected chi connectivity index (χ1v) is 6.00. The molecule has 4 nitrogen and oxygen atoms in total. The van der Waals surface area contributed by atoms with Crippen molar-refractivity contribution in [2.45, 2.75) is 37.3 Å². The Kier molecular flexibility index (Phi) is 2.23. The van der Waals surface area contributed by atoms with E-state index in [1.54, 1.807) is 0 Å². The predicted molar refractivity (Wildman–Crippen MR) is 58.3 cm³/mol. The molecule has 4 rings (SSSR count). The van der Waals surface area contributed by atoms with Crippen molar-refractivity contribution in [2.75, 3.05) is 6.61 Å². The van der Waals surface area contributed by atoms with E-state index < -0.39 is 0 Å². The minimum Gasteiger partial charge on any atom is -0.368 e. The van der Waals surface area contributed by atoms with Crippen molar-refractivity contribution in [1.29, 1.82) is 0 Å². The van der Waals surface area contributed by atoms with E-state index in [-0.39, 0.29) is 30.7 Å². The molecule has 0 amide bonds. The van der Waals surface area contributed by atoms with Crippen LogP contribution in [0.4, 0.5) is 0 Å². The molecule has 0 aliphatic carbocycles. The van der Waals surface area contributed by atoms with E-state index in [1.165, 1.54) is 5.56 Å². The first kappa shape index (κ1) is 10.0. The van der Waals surface area contributed by atoms with Crippen molar-refractivity contribution in [3.05, 3.63) is 35.9 Å². The number of hydrogen-bond donors (Lipinski definition) is 0. The van der Waals surface area contributed by atoms with Crippen molar-refractivity contribution in [1.82, 2.24) is 0 Å². The first-order chi connectivity index (χ1) is 8.42. The van der Waals surface area contributed by atoms with Gasteiger partial charge in [0.15, 0.2) is 6.29 Å². The van der Waals surface area contributed by atoms with Gasteiger partial charge >= 0.3 is 0 Å². The lowest BCUT2D eigenvalue weighted by molar-refractivity contribution is -0.121. The highest BCUT2D eigenvalue weighted by molar-refractivity contribution is 5.14. The monoisotopic (exact) mass is 234 g/mol. The van der Waals surface area contributed by atoms with Gasteiger partial charge in [-0.15, -0.1) is 0 Å². The van der Waals surface area contributed by atoms with E-state index >= 15 is 0 Å². The molecule has 3 aliphatic heterocycles. The second-order valence-corrected chi connectivity index (χ2v) is 4.70. The zero-order chi connectivity index (χ0) is 11.2. The van der Waals surface area contributed by atoms with Crippen molar-refractivity contribution in [3.63, 3.8) is 0 Å². The highest BCUT2D eigenvalue weighted by Gasteiger charge is 2.62. The van der Waals surface area contributed by atoms with Crippen LogP contribution in [0, 0.1) is 0 Å². The van der Waals surface area contributed by atoms with Crippen LogP contribution in [-0.4, -0.2) is 37.3 Å². The van der Waals surface area contributed by atoms with Gasteiger partial charge in [0.1, 0.15) is 24.4 Å². The highest BCUT2D eigenvalue weighted by Crippen LogP contribution is 2.43. The SMILES string of the molecule is c1ccc(CO[C@@H]2C3CO[C@@H](O3)C3OC32)cc1. The number of fused-ring (bicyclic) bond motifs is 4. The van der Waals surface area contributed by atoms with Gasteiger partial charge in [0, 0.05) is 0 Å². The van der Waals surface area contributed by atoms with Crippen LogP contribution in [0.2, 0.25) is 0 Å². The van der Waals surface area contributed by atoms with Crippen LogP contribution in [0.25, 0.3) is 0 Å². The number of hydrogen-bond acceptors (Lipinski definition) is 4. The van der Waals surface area contributed by atoms with Crippen LogP contribution < -0.4 is 0 Å². The Morgan fingerprint density at radius 1 is 1.12 bits per heavy atom. The fraction of sp³-hybridized carbons (Fsp3) is 0.538. The third-order valence-electron chi connectivity index (χ3n) is 3.54. The average Bonchev–Trinajstić information content (AvgIpc) is 3.05. The summed E-state index contributed by atoms with van der Waals surface area (Å²) in [5.74, 6) is 0. The van der Waals surface area contributed by atoms with E-state index in [2.05, 4.69) is 12.1 Å². The number of benzene rings is 1. The Morgan fingerprint density at radius 2 is 2.00 bits per heavy atom. The summed E-state index contributed by atoms with van der Waals surface area (Å²) in [6, 6.07) is 10.1. The maximum absolute atomic E-state index is 5.92. The smallest absolute Gasteiger partial charge is 0.187 e. The van der Waals surface area contributed by atoms with Gasteiger partial charge in [-0.2, -0.15) is 0 Å². The van der Waals surface area contributed by atoms with Crippen LogP contribution in [0.3, 0.4) is 0 Å². The summed E-state index contributed by atoms with van der Waals surface area (Å²) in [5.41, 5.74) is 1.17. The normalized spacial score (nSPS) is 42.2. The van der Waals surface area contributed by atoms with Gasteiger partial charge in [-0.1, -0.05) is 30.3 Å². The second-order valence-electron chi connectivity index (χ2n) is 4.70. The maximum atomic E-state index is 5.92. The van der Waals surface area contributed by atoms with Crippen LogP contribution in [0.1, 0.15) is 5.56 Å². The summed E-state index contributed by atoms with van der Waals surface area (Å²) in [6.07, 6.45) is 0.160. The molecule has 3 unspecified atom stereocenters. The highest BCUT2D eigenvalue weighted by atomic mass is 16.8. The van der Waals surface area contributed by atoms with E-state index in [1.807, 2.05) is 18.2 Å². The van der Waals surface area contributed by atoms with Crippen LogP contribution in [-0.2, 0) is 25.6 Å². The quantitative estimate of drug-likeness (QED) is 0.734. The van der Waals surface area contributed by atoms with Crippen molar-refractivity contribution < 1.29 is 18.9 Å². The van der Waals surface area contributed by atoms with Crippen molar-refractivity contribution in [3.8, 4) is 0 Å². The van der Waals surface area contributed by atoms with Gasteiger partial charge in [-0.25, -0.2) is 0 Å². The molecule has 0 radical (unpaired) electrons. The van der Waals surface area contributed by atoms with E-state index in [4.69, 9.17) is 18.9 Å². The largest absolute Gasteiger partial charge is 0.368 e. The Morgan fingerprint density at radius 3 is 2.88 bits per heavy atom. The molecule has 2 bridgehead atoms. The van der Waals surface area contributed by atoms with Gasteiger partial charge < -0.3 is 18.9 Å². The Labute approximate surface area is 99.4 Å². The van der Waals surface area contributed by atoms with Crippen LogP contribution >= 0.6 is 0 Å². The Balaban J connectivity index is 1.43. The molecule has 3 aliphatic rings. The van der Waals surface area contributed by atoms with Gasteiger partial charge in [0.2, 0.25) is 0 Å². The van der Waals surface area contributed by atoms with E-state index in [0.29, 0.717) is 13.2 Å². The third-order valence-corrected chi connectivity index (χ3v) is 3.54. The van der Waals surface area contributed by atoms with Gasteiger partial charge in [0.25, 0.3) is 0 Å². The van der Waals surface area contributed by atoms with E-state index in [0.717, 1.165) is 0 Å². The molecule has 0 spiro atoms. The molecule has 1 aromatic rings. The van der Waals surface area contributed by atoms with Crippen LogP contribution in [0.15, 0.2) is 30.3 Å². The molecular weight excluding hydrogens is 220 g/mol. The molecule has 3 fully saturated rings. The second kappa shape index (κ2) is 3.78. The minimum atomic E-state index is -0.151.